The Morgan fingerprint density at radius 1 is 1.00 bits per heavy atom. The van der Waals surface area contributed by atoms with Crippen molar-refractivity contribution < 1.29 is 9.59 Å². The molecule has 2 heterocycles. The number of fused-ring (bicyclic) bond motifs is 1. The molecule has 0 radical (unpaired) electrons. The first kappa shape index (κ1) is 22.3. The van der Waals surface area contributed by atoms with Gasteiger partial charge in [-0.2, -0.15) is 0 Å². The monoisotopic (exact) mass is 434 g/mol. The van der Waals surface area contributed by atoms with Crippen LogP contribution in [-0.2, 0) is 17.6 Å². The van der Waals surface area contributed by atoms with Crippen LogP contribution in [0.1, 0.15) is 43.7 Å². The van der Waals surface area contributed by atoms with Crippen molar-refractivity contribution in [1.82, 2.24) is 10.2 Å². The van der Waals surface area contributed by atoms with E-state index >= 15 is 0 Å². The molecule has 170 valence electrons. The number of hydrogen-bond acceptors (Lipinski definition) is 3. The molecule has 3 amide bonds. The predicted molar refractivity (Wildman–Crippen MR) is 129 cm³/mol. The molecule has 0 aromatic heterocycles. The quantitative estimate of drug-likeness (QED) is 0.716. The summed E-state index contributed by atoms with van der Waals surface area (Å²) in [4.78, 5) is 29.6. The van der Waals surface area contributed by atoms with Gasteiger partial charge in [-0.3, -0.25) is 14.6 Å². The van der Waals surface area contributed by atoms with Gasteiger partial charge in [0.2, 0.25) is 5.91 Å². The van der Waals surface area contributed by atoms with E-state index in [0.29, 0.717) is 12.5 Å². The number of amides is 3. The number of hydrogen-bond donors (Lipinski definition) is 2. The van der Waals surface area contributed by atoms with E-state index < -0.39 is 0 Å². The largest absolute Gasteiger partial charge is 0.354 e. The van der Waals surface area contributed by atoms with Crippen LogP contribution in [0.15, 0.2) is 48.5 Å². The lowest BCUT2D eigenvalue weighted by molar-refractivity contribution is -0.120. The van der Waals surface area contributed by atoms with Gasteiger partial charge in [0.25, 0.3) is 0 Å². The summed E-state index contributed by atoms with van der Waals surface area (Å²) in [7, 11) is 0. The van der Waals surface area contributed by atoms with Crippen LogP contribution < -0.4 is 15.5 Å². The summed E-state index contributed by atoms with van der Waals surface area (Å²) in [6, 6.07) is 16.1. The van der Waals surface area contributed by atoms with E-state index in [2.05, 4.69) is 28.5 Å². The van der Waals surface area contributed by atoms with E-state index in [0.717, 1.165) is 68.8 Å². The minimum Gasteiger partial charge on any atom is -0.354 e. The summed E-state index contributed by atoms with van der Waals surface area (Å²) >= 11 is 0. The molecule has 2 aromatic carbocycles. The first-order chi connectivity index (χ1) is 15.6. The molecule has 0 saturated carbocycles. The number of likely N-dealkylation sites (N-methyl/N-ethyl adjacent to an activating group) is 1. The summed E-state index contributed by atoms with van der Waals surface area (Å²) in [6.45, 7) is 5.78. The van der Waals surface area contributed by atoms with Crippen molar-refractivity contribution in [3.05, 3.63) is 59.7 Å². The maximum atomic E-state index is 13.0. The Morgan fingerprint density at radius 3 is 2.62 bits per heavy atom. The highest BCUT2D eigenvalue weighted by Crippen LogP contribution is 2.26. The molecule has 1 saturated heterocycles. The molecule has 32 heavy (non-hydrogen) atoms. The molecule has 0 aliphatic carbocycles. The molecule has 0 spiro atoms. The minimum atomic E-state index is -0.109. The summed E-state index contributed by atoms with van der Waals surface area (Å²) in [5.41, 5.74) is 3.91. The zero-order valence-corrected chi connectivity index (χ0v) is 19.0. The van der Waals surface area contributed by atoms with Crippen LogP contribution in [0, 0.1) is 0 Å². The Bertz CT molecular complexity index is 928. The van der Waals surface area contributed by atoms with Gasteiger partial charge in [0.05, 0.1) is 6.42 Å². The number of aryl methyl sites for hydroxylation is 1. The number of benzene rings is 2. The van der Waals surface area contributed by atoms with E-state index in [1.165, 1.54) is 12.0 Å². The van der Waals surface area contributed by atoms with E-state index in [1.807, 2.05) is 47.4 Å². The average molecular weight is 435 g/mol. The third-order valence-electron chi connectivity index (χ3n) is 6.62. The van der Waals surface area contributed by atoms with Crippen molar-refractivity contribution in [2.24, 2.45) is 0 Å². The first-order valence-electron chi connectivity index (χ1n) is 11.9. The number of nitrogens with one attached hydrogen (secondary N) is 2. The third kappa shape index (κ3) is 5.49. The van der Waals surface area contributed by atoms with Crippen LogP contribution >= 0.6 is 0 Å². The number of urea groups is 1. The highest BCUT2D eigenvalue weighted by Gasteiger charge is 2.23. The maximum Gasteiger partial charge on any atom is 0.326 e. The molecule has 2 N–H and O–H groups in total. The molecule has 2 aliphatic rings. The second-order valence-electron chi connectivity index (χ2n) is 8.77. The van der Waals surface area contributed by atoms with E-state index in [1.54, 1.807) is 0 Å². The average Bonchev–Trinajstić information content (AvgIpc) is 3.16. The normalized spacial score (nSPS) is 18.7. The molecule has 6 nitrogen and oxygen atoms in total. The van der Waals surface area contributed by atoms with Gasteiger partial charge in [-0.1, -0.05) is 37.3 Å². The smallest absolute Gasteiger partial charge is 0.326 e. The van der Waals surface area contributed by atoms with Crippen molar-refractivity contribution in [3.8, 4) is 0 Å². The lowest BCUT2D eigenvalue weighted by Gasteiger charge is -2.23. The highest BCUT2D eigenvalue weighted by molar-refractivity contribution is 6.02. The maximum absolute atomic E-state index is 13.0. The van der Waals surface area contributed by atoms with Gasteiger partial charge in [0.1, 0.15) is 0 Å². The van der Waals surface area contributed by atoms with Crippen molar-refractivity contribution in [1.29, 1.82) is 0 Å². The molecule has 0 bridgehead atoms. The van der Waals surface area contributed by atoms with E-state index in [4.69, 9.17) is 0 Å². The molecular formula is C26H34N4O2. The van der Waals surface area contributed by atoms with Gasteiger partial charge in [-0.25, -0.2) is 4.79 Å². The number of carbonyl (C=O) groups is 2. The standard InChI is InChI=1S/C26H34N4O2/c1-2-29-16-7-10-23(29)19-27-25(31)18-20-12-14-22(15-13-20)28-26(32)30-17-6-5-9-21-8-3-4-11-24(21)30/h3-4,8,11-15,23H,2,5-7,9-10,16-19H2,1H3,(H,27,31)(H,28,32)/t23-/m0/s1. The van der Waals surface area contributed by atoms with Gasteiger partial charge >= 0.3 is 6.03 Å². The van der Waals surface area contributed by atoms with Crippen LogP contribution in [0.3, 0.4) is 0 Å². The first-order valence-corrected chi connectivity index (χ1v) is 11.9. The fourth-order valence-electron chi connectivity index (χ4n) is 4.82. The van der Waals surface area contributed by atoms with Gasteiger partial charge in [0.15, 0.2) is 0 Å². The van der Waals surface area contributed by atoms with Crippen molar-refractivity contribution in [2.75, 3.05) is 36.4 Å². The molecule has 1 fully saturated rings. The van der Waals surface area contributed by atoms with Crippen LogP contribution in [0.5, 0.6) is 0 Å². The Labute approximate surface area is 191 Å². The fraction of sp³-hybridized carbons (Fsp3) is 0.462. The van der Waals surface area contributed by atoms with Gasteiger partial charge in [0, 0.05) is 30.5 Å². The lowest BCUT2D eigenvalue weighted by atomic mass is 10.1. The molecular weight excluding hydrogens is 400 g/mol. The Kier molecular flexibility index (Phi) is 7.43. The predicted octanol–water partition coefficient (Wildman–Crippen LogP) is 4.20. The Hall–Kier alpha value is -2.86. The van der Waals surface area contributed by atoms with Gasteiger partial charge in [-0.05, 0) is 74.5 Å². The number of rotatable bonds is 6. The number of nitrogens with zero attached hydrogens (tertiary/aromatic N) is 2. The Morgan fingerprint density at radius 2 is 1.81 bits per heavy atom. The fourth-order valence-corrected chi connectivity index (χ4v) is 4.82. The highest BCUT2D eigenvalue weighted by atomic mass is 16.2. The SMILES string of the molecule is CCN1CCC[C@H]1CNC(=O)Cc1ccc(NC(=O)N2CCCCc3ccccc32)cc1. The van der Waals surface area contributed by atoms with Crippen LogP contribution in [0.25, 0.3) is 0 Å². The molecule has 1 atom stereocenters. The second-order valence-corrected chi connectivity index (χ2v) is 8.77. The van der Waals surface area contributed by atoms with E-state index in [-0.39, 0.29) is 11.9 Å². The van der Waals surface area contributed by atoms with E-state index in [9.17, 15) is 9.59 Å². The van der Waals surface area contributed by atoms with Gasteiger partial charge < -0.3 is 10.6 Å². The van der Waals surface area contributed by atoms with Gasteiger partial charge in [-0.15, -0.1) is 0 Å². The number of para-hydroxylation sites is 1. The van der Waals surface area contributed by atoms with Crippen LogP contribution in [0.2, 0.25) is 0 Å². The lowest BCUT2D eigenvalue weighted by Crippen LogP contribution is -2.40. The third-order valence-corrected chi connectivity index (χ3v) is 6.62. The van der Waals surface area contributed by atoms with Crippen LogP contribution in [-0.4, -0.2) is 49.1 Å². The second kappa shape index (κ2) is 10.6. The number of carbonyl (C=O) groups excluding carboxylic acids is 2. The minimum absolute atomic E-state index is 0.0471. The summed E-state index contributed by atoms with van der Waals surface area (Å²) < 4.78 is 0. The zero-order chi connectivity index (χ0) is 22.3. The number of anilines is 2. The van der Waals surface area contributed by atoms with Crippen molar-refractivity contribution in [3.63, 3.8) is 0 Å². The topological polar surface area (TPSA) is 64.7 Å². The zero-order valence-electron chi connectivity index (χ0n) is 19.0. The molecule has 6 heteroatoms. The summed E-state index contributed by atoms with van der Waals surface area (Å²) in [5.74, 6) is 0.0471. The Balaban J connectivity index is 1.30. The molecule has 2 aliphatic heterocycles. The summed E-state index contributed by atoms with van der Waals surface area (Å²) in [6.07, 6.45) is 5.82. The van der Waals surface area contributed by atoms with Crippen molar-refractivity contribution in [2.45, 2.75) is 51.5 Å². The molecule has 2 aromatic rings. The van der Waals surface area contributed by atoms with Crippen molar-refractivity contribution >= 4 is 23.3 Å². The van der Waals surface area contributed by atoms with Crippen LogP contribution in [0.4, 0.5) is 16.2 Å². The molecule has 0 unspecified atom stereocenters. The number of likely N-dealkylation sites (tertiary alicyclic amines) is 1. The molecule has 4 rings (SSSR count). The summed E-state index contributed by atoms with van der Waals surface area (Å²) in [5, 5.41) is 6.10.